The van der Waals surface area contributed by atoms with E-state index >= 15 is 0 Å². The van der Waals surface area contributed by atoms with Gasteiger partial charge in [0.25, 0.3) is 0 Å². The number of amides is 1. The number of halogens is 2. The van der Waals surface area contributed by atoms with Crippen LogP contribution in [0.5, 0.6) is 0 Å². The monoisotopic (exact) mass is 480 g/mol. The highest BCUT2D eigenvalue weighted by Crippen LogP contribution is 2.14. The molecule has 0 heterocycles. The fraction of sp³-hybridized carbons (Fsp3) is 0.333. The van der Waals surface area contributed by atoms with Gasteiger partial charge in [0.15, 0.2) is 5.96 Å². The van der Waals surface area contributed by atoms with Gasteiger partial charge in [-0.1, -0.05) is 22.0 Å². The van der Waals surface area contributed by atoms with Crippen LogP contribution in [0.2, 0.25) is 0 Å². The quantitative estimate of drug-likeness (QED) is 0.243. The highest BCUT2D eigenvalue weighted by Gasteiger charge is 2.02. The van der Waals surface area contributed by atoms with Crippen molar-refractivity contribution in [2.24, 2.45) is 4.99 Å². The first-order valence-corrected chi connectivity index (χ1v) is 7.63. The summed E-state index contributed by atoms with van der Waals surface area (Å²) in [5, 5.41) is 9.02. The van der Waals surface area contributed by atoms with Crippen LogP contribution in [0.4, 0.5) is 5.69 Å². The summed E-state index contributed by atoms with van der Waals surface area (Å²) in [6, 6.07) is 7.47. The van der Waals surface area contributed by atoms with E-state index in [1.54, 1.807) is 6.08 Å². The van der Waals surface area contributed by atoms with Crippen molar-refractivity contribution in [3.8, 4) is 0 Å². The molecule has 0 unspecified atom stereocenters. The first kappa shape index (κ1) is 20.9. The average Bonchev–Trinajstić information content (AvgIpc) is 2.47. The Bertz CT molecular complexity index is 491. The zero-order valence-corrected chi connectivity index (χ0v) is 16.5. The summed E-state index contributed by atoms with van der Waals surface area (Å²) in [6.45, 7) is 7.47. The number of hydrogen-bond donors (Lipinski definition) is 3. The van der Waals surface area contributed by atoms with Gasteiger partial charge >= 0.3 is 0 Å². The number of carbonyl (C=O) groups excluding carboxylic acids is 1. The van der Waals surface area contributed by atoms with Crippen LogP contribution in [0.3, 0.4) is 0 Å². The highest BCUT2D eigenvalue weighted by molar-refractivity contribution is 14.0. The van der Waals surface area contributed by atoms with Crippen molar-refractivity contribution in [1.82, 2.24) is 10.6 Å². The summed E-state index contributed by atoms with van der Waals surface area (Å²) in [6.07, 6.45) is 2.09. The first-order valence-electron chi connectivity index (χ1n) is 6.84. The van der Waals surface area contributed by atoms with Crippen molar-refractivity contribution < 1.29 is 4.79 Å². The number of carbonyl (C=O) groups is 1. The second-order valence-corrected chi connectivity index (χ2v) is 5.15. The Morgan fingerprint density at radius 3 is 2.59 bits per heavy atom. The van der Waals surface area contributed by atoms with Crippen molar-refractivity contribution in [3.63, 3.8) is 0 Å². The number of guanidine groups is 1. The number of benzene rings is 1. The van der Waals surface area contributed by atoms with Gasteiger partial charge in [-0.05, 0) is 31.2 Å². The summed E-state index contributed by atoms with van der Waals surface area (Å²) in [5.74, 6) is 0.634. The molecule has 0 atom stereocenters. The lowest BCUT2D eigenvalue weighted by molar-refractivity contribution is -0.116. The average molecular weight is 481 g/mol. The van der Waals surface area contributed by atoms with Gasteiger partial charge in [0.2, 0.25) is 5.91 Å². The van der Waals surface area contributed by atoms with Gasteiger partial charge in [-0.3, -0.25) is 9.79 Å². The summed E-state index contributed by atoms with van der Waals surface area (Å²) >= 11 is 3.35. The van der Waals surface area contributed by atoms with Crippen molar-refractivity contribution >= 4 is 57.5 Å². The van der Waals surface area contributed by atoms with E-state index in [1.165, 1.54) is 0 Å². The maximum absolute atomic E-state index is 11.8. The molecule has 0 saturated carbocycles. The second kappa shape index (κ2) is 12.5. The van der Waals surface area contributed by atoms with Gasteiger partial charge in [0, 0.05) is 29.7 Å². The third kappa shape index (κ3) is 9.04. The molecule has 0 aliphatic carbocycles. The molecule has 0 aromatic heterocycles. The van der Waals surface area contributed by atoms with E-state index < -0.39 is 0 Å². The van der Waals surface area contributed by atoms with E-state index in [0.717, 1.165) is 16.7 Å². The maximum Gasteiger partial charge on any atom is 0.226 e. The fourth-order valence-corrected chi connectivity index (χ4v) is 1.80. The molecule has 0 radical (unpaired) electrons. The number of nitrogens with zero attached hydrogens (tertiary/aromatic N) is 1. The lowest BCUT2D eigenvalue weighted by atomic mass is 10.3. The van der Waals surface area contributed by atoms with Gasteiger partial charge in [-0.25, -0.2) is 0 Å². The molecule has 1 aromatic carbocycles. The normalized spacial score (nSPS) is 10.4. The third-order valence-electron chi connectivity index (χ3n) is 2.49. The minimum atomic E-state index is -0.0550. The van der Waals surface area contributed by atoms with Gasteiger partial charge < -0.3 is 16.0 Å². The van der Waals surface area contributed by atoms with Crippen LogP contribution >= 0.6 is 39.9 Å². The van der Waals surface area contributed by atoms with Crippen LogP contribution < -0.4 is 16.0 Å². The Balaban J connectivity index is 0.00000441. The van der Waals surface area contributed by atoms with Crippen LogP contribution in [-0.4, -0.2) is 31.5 Å². The molecule has 0 bridgehead atoms. The summed E-state index contributed by atoms with van der Waals surface area (Å²) in [4.78, 5) is 16.1. The van der Waals surface area contributed by atoms with Gasteiger partial charge in [-0.2, -0.15) is 0 Å². The molecule has 0 aliphatic heterocycles. The molecule has 0 fully saturated rings. The SMILES string of the molecule is C=CCNC(=NCCC(=O)Nc1ccc(Br)cc1)NCC.I. The Labute approximate surface area is 157 Å². The molecule has 0 saturated heterocycles. The predicted molar refractivity (Wildman–Crippen MR) is 107 cm³/mol. The topological polar surface area (TPSA) is 65.5 Å². The molecule has 3 N–H and O–H groups in total. The standard InChI is InChI=1S/C15H21BrN4O.HI/c1-3-10-18-15(17-4-2)19-11-9-14(21)20-13-7-5-12(16)6-8-13;/h3,5-8H,1,4,9-11H2,2H3,(H,20,21)(H2,17,18,19);1H. The largest absolute Gasteiger partial charge is 0.357 e. The van der Waals surface area contributed by atoms with E-state index in [2.05, 4.69) is 43.5 Å². The molecular weight excluding hydrogens is 459 g/mol. The fourth-order valence-electron chi connectivity index (χ4n) is 1.54. The molecule has 0 spiro atoms. The number of aliphatic imine (C=N–C) groups is 1. The molecular formula is C15H22BrIN4O. The molecule has 1 rings (SSSR count). The number of hydrogen-bond acceptors (Lipinski definition) is 2. The maximum atomic E-state index is 11.8. The first-order chi connectivity index (χ1) is 10.2. The van der Waals surface area contributed by atoms with Crippen molar-refractivity contribution in [2.45, 2.75) is 13.3 Å². The zero-order chi connectivity index (χ0) is 15.5. The Morgan fingerprint density at radius 2 is 2.00 bits per heavy atom. The minimum Gasteiger partial charge on any atom is -0.357 e. The predicted octanol–water partition coefficient (Wildman–Crippen LogP) is 3.14. The van der Waals surface area contributed by atoms with Gasteiger partial charge in [0.05, 0.1) is 6.54 Å². The van der Waals surface area contributed by atoms with E-state index in [1.807, 2.05) is 31.2 Å². The summed E-state index contributed by atoms with van der Waals surface area (Å²) in [5.41, 5.74) is 0.781. The Morgan fingerprint density at radius 1 is 1.32 bits per heavy atom. The molecule has 7 heteroatoms. The van der Waals surface area contributed by atoms with E-state index in [9.17, 15) is 4.79 Å². The van der Waals surface area contributed by atoms with Gasteiger partial charge in [-0.15, -0.1) is 30.6 Å². The van der Waals surface area contributed by atoms with Crippen LogP contribution in [0.25, 0.3) is 0 Å². The Hall–Kier alpha value is -1.09. The number of rotatable bonds is 7. The molecule has 1 aromatic rings. The lowest BCUT2D eigenvalue weighted by Gasteiger charge is -2.09. The van der Waals surface area contributed by atoms with Crippen molar-refractivity contribution in [2.75, 3.05) is 25.0 Å². The smallest absolute Gasteiger partial charge is 0.226 e. The highest BCUT2D eigenvalue weighted by atomic mass is 127. The van der Waals surface area contributed by atoms with E-state index in [-0.39, 0.29) is 29.9 Å². The van der Waals surface area contributed by atoms with Crippen LogP contribution in [0.1, 0.15) is 13.3 Å². The number of anilines is 1. The van der Waals surface area contributed by atoms with Crippen LogP contribution in [-0.2, 0) is 4.79 Å². The molecule has 1 amide bonds. The van der Waals surface area contributed by atoms with Crippen LogP contribution in [0.15, 0.2) is 46.4 Å². The lowest BCUT2D eigenvalue weighted by Crippen LogP contribution is -2.37. The van der Waals surface area contributed by atoms with E-state index in [4.69, 9.17) is 0 Å². The molecule has 122 valence electrons. The summed E-state index contributed by atoms with van der Waals surface area (Å²) in [7, 11) is 0. The minimum absolute atomic E-state index is 0. The second-order valence-electron chi connectivity index (χ2n) is 4.24. The van der Waals surface area contributed by atoms with Crippen LogP contribution in [0, 0.1) is 0 Å². The van der Waals surface area contributed by atoms with E-state index in [0.29, 0.717) is 25.5 Å². The Kier molecular flexibility index (Phi) is 11.8. The molecule has 5 nitrogen and oxygen atoms in total. The van der Waals surface area contributed by atoms with Crippen molar-refractivity contribution in [3.05, 3.63) is 41.4 Å². The van der Waals surface area contributed by atoms with Crippen molar-refractivity contribution in [1.29, 1.82) is 0 Å². The zero-order valence-electron chi connectivity index (χ0n) is 12.6. The summed E-state index contributed by atoms with van der Waals surface area (Å²) < 4.78 is 0.980. The molecule has 0 aliphatic rings. The molecule has 22 heavy (non-hydrogen) atoms. The number of nitrogens with one attached hydrogen (secondary N) is 3. The third-order valence-corrected chi connectivity index (χ3v) is 3.02. The van der Waals surface area contributed by atoms with Gasteiger partial charge in [0.1, 0.15) is 0 Å².